The molecule has 0 radical (unpaired) electrons. The van der Waals surface area contributed by atoms with Crippen LogP contribution in [0.15, 0.2) is 42.7 Å². The van der Waals surface area contributed by atoms with Gasteiger partial charge in [0.25, 0.3) is 11.8 Å². The summed E-state index contributed by atoms with van der Waals surface area (Å²) in [5.74, 6) is 0.132. The predicted octanol–water partition coefficient (Wildman–Crippen LogP) is 1.73. The van der Waals surface area contributed by atoms with Crippen LogP contribution in [0.4, 0.5) is 5.69 Å². The van der Waals surface area contributed by atoms with Crippen molar-refractivity contribution in [3.05, 3.63) is 53.9 Å². The van der Waals surface area contributed by atoms with Crippen LogP contribution in [0.25, 0.3) is 0 Å². The second kappa shape index (κ2) is 5.85. The van der Waals surface area contributed by atoms with Crippen LogP contribution in [0, 0.1) is 0 Å². The van der Waals surface area contributed by atoms with Gasteiger partial charge in [-0.2, -0.15) is 0 Å². The lowest BCUT2D eigenvalue weighted by Gasteiger charge is -2.23. The number of anilines is 1. The highest BCUT2D eigenvalue weighted by Crippen LogP contribution is 2.30. The summed E-state index contributed by atoms with van der Waals surface area (Å²) >= 11 is 0. The van der Waals surface area contributed by atoms with Gasteiger partial charge in [-0.15, -0.1) is 0 Å². The summed E-state index contributed by atoms with van der Waals surface area (Å²) in [4.78, 5) is 27.7. The molecule has 0 bridgehead atoms. The Balaban J connectivity index is 1.71. The van der Waals surface area contributed by atoms with E-state index < -0.39 is 6.10 Å². The van der Waals surface area contributed by atoms with E-state index in [-0.39, 0.29) is 11.8 Å². The smallest absolute Gasteiger partial charge is 0.265 e. The molecular formula is C16H15N3O3. The molecule has 1 unspecified atom stereocenters. The van der Waals surface area contributed by atoms with E-state index in [0.717, 1.165) is 5.56 Å². The summed E-state index contributed by atoms with van der Waals surface area (Å²) < 4.78 is 5.46. The van der Waals surface area contributed by atoms with Crippen molar-refractivity contribution in [1.29, 1.82) is 0 Å². The Labute approximate surface area is 127 Å². The van der Waals surface area contributed by atoms with E-state index in [9.17, 15) is 9.59 Å². The van der Waals surface area contributed by atoms with Gasteiger partial charge in [-0.05, 0) is 42.8 Å². The summed E-state index contributed by atoms with van der Waals surface area (Å²) in [5.41, 5.74) is 1.94. The fourth-order valence-electron chi connectivity index (χ4n) is 2.14. The van der Waals surface area contributed by atoms with Gasteiger partial charge in [0.15, 0.2) is 6.10 Å². The molecule has 1 aromatic heterocycles. The quantitative estimate of drug-likeness (QED) is 0.904. The molecule has 3 rings (SSSR count). The van der Waals surface area contributed by atoms with Crippen molar-refractivity contribution in [1.82, 2.24) is 10.3 Å². The molecule has 1 aliphatic heterocycles. The van der Waals surface area contributed by atoms with Gasteiger partial charge in [0.1, 0.15) is 5.75 Å². The molecule has 0 saturated carbocycles. The summed E-state index contributed by atoms with van der Waals surface area (Å²) in [6.07, 6.45) is 2.82. The second-order valence-corrected chi connectivity index (χ2v) is 5.00. The third-order valence-corrected chi connectivity index (χ3v) is 3.38. The number of hydrogen-bond donors (Lipinski definition) is 2. The number of carbonyl (C=O) groups excluding carboxylic acids is 2. The normalized spacial score (nSPS) is 16.2. The fourth-order valence-corrected chi connectivity index (χ4v) is 2.14. The molecule has 2 amide bonds. The molecule has 0 aliphatic carbocycles. The van der Waals surface area contributed by atoms with Gasteiger partial charge in [0.2, 0.25) is 0 Å². The van der Waals surface area contributed by atoms with E-state index >= 15 is 0 Å². The minimum Gasteiger partial charge on any atom is -0.479 e. The molecule has 6 nitrogen and oxygen atoms in total. The van der Waals surface area contributed by atoms with Gasteiger partial charge in [-0.3, -0.25) is 14.6 Å². The van der Waals surface area contributed by atoms with Crippen LogP contribution in [-0.2, 0) is 11.3 Å². The van der Waals surface area contributed by atoms with Crippen LogP contribution in [0.3, 0.4) is 0 Å². The minimum absolute atomic E-state index is 0.215. The zero-order valence-corrected chi connectivity index (χ0v) is 12.0. The van der Waals surface area contributed by atoms with Crippen molar-refractivity contribution in [2.24, 2.45) is 0 Å². The fraction of sp³-hybridized carbons (Fsp3) is 0.188. The molecule has 0 fully saturated rings. The Morgan fingerprint density at radius 2 is 2.09 bits per heavy atom. The second-order valence-electron chi connectivity index (χ2n) is 5.00. The largest absolute Gasteiger partial charge is 0.479 e. The van der Waals surface area contributed by atoms with Crippen molar-refractivity contribution in [2.75, 3.05) is 5.32 Å². The standard InChI is InChI=1S/C16H15N3O3/c1-10-15(20)19-13-8-12(2-3-14(13)22-10)16(21)18-9-11-4-6-17-7-5-11/h2-8,10H,9H2,1H3,(H,18,21)(H,19,20). The number of hydrogen-bond acceptors (Lipinski definition) is 4. The number of rotatable bonds is 3. The summed E-state index contributed by atoms with van der Waals surface area (Å²) in [6.45, 7) is 2.09. The third kappa shape index (κ3) is 2.90. The summed E-state index contributed by atoms with van der Waals surface area (Å²) in [7, 11) is 0. The molecular weight excluding hydrogens is 282 g/mol. The molecule has 2 N–H and O–H groups in total. The SMILES string of the molecule is CC1Oc2ccc(C(=O)NCc3ccncc3)cc2NC1=O. The lowest BCUT2D eigenvalue weighted by Crippen LogP contribution is -2.34. The van der Waals surface area contributed by atoms with Crippen molar-refractivity contribution in [3.63, 3.8) is 0 Å². The molecule has 0 spiro atoms. The van der Waals surface area contributed by atoms with E-state index in [0.29, 0.717) is 23.5 Å². The number of fused-ring (bicyclic) bond motifs is 1. The van der Waals surface area contributed by atoms with Crippen molar-refractivity contribution < 1.29 is 14.3 Å². The molecule has 1 atom stereocenters. The van der Waals surface area contributed by atoms with E-state index in [1.165, 1.54) is 0 Å². The highest BCUT2D eigenvalue weighted by Gasteiger charge is 2.24. The third-order valence-electron chi connectivity index (χ3n) is 3.38. The minimum atomic E-state index is -0.529. The molecule has 0 saturated heterocycles. The Bertz CT molecular complexity index is 716. The lowest BCUT2D eigenvalue weighted by atomic mass is 10.1. The number of benzene rings is 1. The Hall–Kier alpha value is -2.89. The first-order chi connectivity index (χ1) is 10.6. The molecule has 112 valence electrons. The molecule has 22 heavy (non-hydrogen) atoms. The zero-order valence-electron chi connectivity index (χ0n) is 12.0. The summed E-state index contributed by atoms with van der Waals surface area (Å²) in [6, 6.07) is 8.64. The van der Waals surface area contributed by atoms with Crippen LogP contribution >= 0.6 is 0 Å². The van der Waals surface area contributed by atoms with Crippen LogP contribution < -0.4 is 15.4 Å². The monoisotopic (exact) mass is 297 g/mol. The number of pyridine rings is 1. The first-order valence-corrected chi connectivity index (χ1v) is 6.92. The molecule has 6 heteroatoms. The van der Waals surface area contributed by atoms with Crippen molar-refractivity contribution in [2.45, 2.75) is 19.6 Å². The Morgan fingerprint density at radius 1 is 1.32 bits per heavy atom. The highest BCUT2D eigenvalue weighted by molar-refractivity contribution is 6.00. The van der Waals surface area contributed by atoms with E-state index in [4.69, 9.17) is 4.74 Å². The number of amides is 2. The van der Waals surface area contributed by atoms with Crippen molar-refractivity contribution >= 4 is 17.5 Å². The topological polar surface area (TPSA) is 80.3 Å². The van der Waals surface area contributed by atoms with Crippen LogP contribution in [0.1, 0.15) is 22.8 Å². The van der Waals surface area contributed by atoms with Gasteiger partial charge in [0.05, 0.1) is 5.69 Å². The average Bonchev–Trinajstić information content (AvgIpc) is 2.54. The number of nitrogens with zero attached hydrogens (tertiary/aromatic N) is 1. The first kappa shape index (κ1) is 14.1. The van der Waals surface area contributed by atoms with E-state index in [1.54, 1.807) is 37.5 Å². The first-order valence-electron chi connectivity index (χ1n) is 6.92. The van der Waals surface area contributed by atoms with Crippen molar-refractivity contribution in [3.8, 4) is 5.75 Å². The van der Waals surface area contributed by atoms with E-state index in [1.807, 2.05) is 12.1 Å². The molecule has 1 aromatic carbocycles. The van der Waals surface area contributed by atoms with Crippen LogP contribution in [0.5, 0.6) is 5.75 Å². The van der Waals surface area contributed by atoms with Crippen LogP contribution in [-0.4, -0.2) is 22.9 Å². The van der Waals surface area contributed by atoms with Gasteiger partial charge in [-0.1, -0.05) is 0 Å². The number of ether oxygens (including phenoxy) is 1. The number of carbonyl (C=O) groups is 2. The van der Waals surface area contributed by atoms with Gasteiger partial charge in [-0.25, -0.2) is 0 Å². The Morgan fingerprint density at radius 3 is 2.86 bits per heavy atom. The molecule has 2 heterocycles. The van der Waals surface area contributed by atoms with Gasteiger partial charge in [0, 0.05) is 24.5 Å². The predicted molar refractivity (Wildman–Crippen MR) is 80.6 cm³/mol. The maximum absolute atomic E-state index is 12.2. The Kier molecular flexibility index (Phi) is 3.74. The number of aromatic nitrogens is 1. The lowest BCUT2D eigenvalue weighted by molar-refractivity contribution is -0.122. The maximum atomic E-state index is 12.2. The maximum Gasteiger partial charge on any atom is 0.265 e. The highest BCUT2D eigenvalue weighted by atomic mass is 16.5. The van der Waals surface area contributed by atoms with E-state index in [2.05, 4.69) is 15.6 Å². The van der Waals surface area contributed by atoms with Crippen LogP contribution in [0.2, 0.25) is 0 Å². The summed E-state index contributed by atoms with van der Waals surface area (Å²) in [5, 5.41) is 5.55. The number of nitrogens with one attached hydrogen (secondary N) is 2. The van der Waals surface area contributed by atoms with Gasteiger partial charge < -0.3 is 15.4 Å². The molecule has 2 aromatic rings. The molecule has 1 aliphatic rings. The van der Waals surface area contributed by atoms with Gasteiger partial charge >= 0.3 is 0 Å². The average molecular weight is 297 g/mol. The zero-order chi connectivity index (χ0) is 15.5.